The summed E-state index contributed by atoms with van der Waals surface area (Å²) in [6.07, 6.45) is -0.478. The monoisotopic (exact) mass is 207 g/mol. The number of alkyl halides is 2. The standard InChI is InChI=1S/C9H15F2NO2/c1-14-6-8(13)12-5-3-2-4-7(12)9(10)11/h7,9H,2-6H2,1H3. The van der Waals surface area contributed by atoms with Crippen LogP contribution in [0.1, 0.15) is 19.3 Å². The van der Waals surface area contributed by atoms with Gasteiger partial charge in [-0.1, -0.05) is 0 Å². The summed E-state index contributed by atoms with van der Waals surface area (Å²) in [6, 6.07) is -0.911. The zero-order valence-corrected chi connectivity index (χ0v) is 8.21. The van der Waals surface area contributed by atoms with Gasteiger partial charge in [-0.3, -0.25) is 4.79 Å². The molecule has 1 unspecified atom stereocenters. The van der Waals surface area contributed by atoms with E-state index < -0.39 is 12.5 Å². The summed E-state index contributed by atoms with van der Waals surface area (Å²) in [5.74, 6) is -0.336. The van der Waals surface area contributed by atoms with E-state index in [2.05, 4.69) is 4.74 Å². The van der Waals surface area contributed by atoms with Crippen LogP contribution >= 0.6 is 0 Å². The Balaban J connectivity index is 2.57. The average Bonchev–Trinajstić information content (AvgIpc) is 2.18. The van der Waals surface area contributed by atoms with Crippen LogP contribution in [0.5, 0.6) is 0 Å². The van der Waals surface area contributed by atoms with E-state index in [4.69, 9.17) is 0 Å². The van der Waals surface area contributed by atoms with Crippen LogP contribution in [0.4, 0.5) is 8.78 Å². The van der Waals surface area contributed by atoms with Crippen LogP contribution in [-0.2, 0) is 9.53 Å². The van der Waals surface area contributed by atoms with Crippen molar-refractivity contribution < 1.29 is 18.3 Å². The predicted octanol–water partition coefficient (Wildman–Crippen LogP) is 1.28. The molecule has 1 amide bonds. The van der Waals surface area contributed by atoms with Gasteiger partial charge >= 0.3 is 0 Å². The third kappa shape index (κ3) is 2.64. The van der Waals surface area contributed by atoms with Gasteiger partial charge in [0.1, 0.15) is 6.61 Å². The third-order valence-corrected chi connectivity index (χ3v) is 2.43. The highest BCUT2D eigenvalue weighted by Gasteiger charge is 2.32. The minimum Gasteiger partial charge on any atom is -0.375 e. The molecule has 1 saturated heterocycles. The summed E-state index contributed by atoms with van der Waals surface area (Å²) in [5.41, 5.74) is 0. The van der Waals surface area contributed by atoms with Gasteiger partial charge < -0.3 is 9.64 Å². The minimum atomic E-state index is -2.45. The number of hydrogen-bond acceptors (Lipinski definition) is 2. The second kappa shape index (κ2) is 5.24. The highest BCUT2D eigenvalue weighted by atomic mass is 19.3. The fraction of sp³-hybridized carbons (Fsp3) is 0.889. The van der Waals surface area contributed by atoms with Crippen LogP contribution in [0, 0.1) is 0 Å². The number of carbonyl (C=O) groups is 1. The van der Waals surface area contributed by atoms with Crippen LogP contribution in [0.15, 0.2) is 0 Å². The lowest BCUT2D eigenvalue weighted by Gasteiger charge is -2.34. The lowest BCUT2D eigenvalue weighted by atomic mass is 10.0. The van der Waals surface area contributed by atoms with Gasteiger partial charge in [0.15, 0.2) is 0 Å². The van der Waals surface area contributed by atoms with Crippen LogP contribution in [0.2, 0.25) is 0 Å². The predicted molar refractivity (Wildman–Crippen MR) is 47.2 cm³/mol. The first-order chi connectivity index (χ1) is 6.66. The molecule has 1 fully saturated rings. The maximum atomic E-state index is 12.5. The number of halogens is 2. The molecule has 3 nitrogen and oxygen atoms in total. The molecule has 1 aliphatic rings. The molecule has 1 atom stereocenters. The molecule has 14 heavy (non-hydrogen) atoms. The number of hydrogen-bond donors (Lipinski definition) is 0. The van der Waals surface area contributed by atoms with Crippen molar-refractivity contribution in [3.63, 3.8) is 0 Å². The van der Waals surface area contributed by atoms with Crippen molar-refractivity contribution in [3.05, 3.63) is 0 Å². The molecule has 0 aliphatic carbocycles. The van der Waals surface area contributed by atoms with Crippen LogP contribution in [0.3, 0.4) is 0 Å². The maximum absolute atomic E-state index is 12.5. The van der Waals surface area contributed by atoms with Crippen molar-refractivity contribution >= 4 is 5.91 Å². The van der Waals surface area contributed by atoms with E-state index in [0.717, 1.165) is 12.8 Å². The van der Waals surface area contributed by atoms with E-state index in [-0.39, 0.29) is 12.5 Å². The molecule has 0 bridgehead atoms. The van der Waals surface area contributed by atoms with Gasteiger partial charge in [0.25, 0.3) is 6.43 Å². The van der Waals surface area contributed by atoms with Gasteiger partial charge in [-0.05, 0) is 19.3 Å². The van der Waals surface area contributed by atoms with Crippen molar-refractivity contribution in [2.75, 3.05) is 20.3 Å². The molecule has 1 aliphatic heterocycles. The first kappa shape index (κ1) is 11.4. The molecule has 5 heteroatoms. The Morgan fingerprint density at radius 3 is 2.86 bits per heavy atom. The SMILES string of the molecule is COCC(=O)N1CCCCC1C(F)F. The zero-order chi connectivity index (χ0) is 10.6. The molecular formula is C9H15F2NO2. The van der Waals surface area contributed by atoms with Gasteiger partial charge in [-0.15, -0.1) is 0 Å². The lowest BCUT2D eigenvalue weighted by Crippen LogP contribution is -2.48. The van der Waals surface area contributed by atoms with E-state index in [1.165, 1.54) is 12.0 Å². The van der Waals surface area contributed by atoms with Gasteiger partial charge in [-0.2, -0.15) is 0 Å². The summed E-state index contributed by atoms with van der Waals surface area (Å²) >= 11 is 0. The fourth-order valence-electron chi connectivity index (χ4n) is 1.74. The molecule has 0 aromatic carbocycles. The lowest BCUT2D eigenvalue weighted by molar-refractivity contribution is -0.143. The van der Waals surface area contributed by atoms with E-state index in [1.807, 2.05) is 0 Å². The number of amides is 1. The van der Waals surface area contributed by atoms with Crippen LogP contribution in [-0.4, -0.2) is 43.5 Å². The normalized spacial score (nSPS) is 22.9. The van der Waals surface area contributed by atoms with Crippen molar-refractivity contribution in [1.29, 1.82) is 0 Å². The molecule has 1 rings (SSSR count). The van der Waals surface area contributed by atoms with E-state index in [1.54, 1.807) is 0 Å². The van der Waals surface area contributed by atoms with E-state index >= 15 is 0 Å². The highest BCUT2D eigenvalue weighted by molar-refractivity contribution is 5.77. The number of methoxy groups -OCH3 is 1. The Morgan fingerprint density at radius 2 is 2.29 bits per heavy atom. The summed E-state index contributed by atoms with van der Waals surface area (Å²) < 4.78 is 29.7. The van der Waals surface area contributed by atoms with Crippen molar-refractivity contribution in [2.24, 2.45) is 0 Å². The third-order valence-electron chi connectivity index (χ3n) is 2.43. The smallest absolute Gasteiger partial charge is 0.258 e. The Morgan fingerprint density at radius 1 is 1.57 bits per heavy atom. The maximum Gasteiger partial charge on any atom is 0.258 e. The van der Waals surface area contributed by atoms with Crippen molar-refractivity contribution in [1.82, 2.24) is 4.90 Å². The number of piperidine rings is 1. The Labute approximate surface area is 82.0 Å². The second-order valence-electron chi connectivity index (χ2n) is 3.42. The number of ether oxygens (including phenoxy) is 1. The largest absolute Gasteiger partial charge is 0.375 e. The minimum absolute atomic E-state index is 0.108. The number of carbonyl (C=O) groups excluding carboxylic acids is 1. The van der Waals surface area contributed by atoms with Gasteiger partial charge in [-0.25, -0.2) is 8.78 Å². The Kier molecular flexibility index (Phi) is 4.25. The molecule has 1 heterocycles. The fourth-order valence-corrected chi connectivity index (χ4v) is 1.74. The quantitative estimate of drug-likeness (QED) is 0.697. The highest BCUT2D eigenvalue weighted by Crippen LogP contribution is 2.22. The zero-order valence-electron chi connectivity index (χ0n) is 8.21. The molecule has 82 valence electrons. The summed E-state index contributed by atoms with van der Waals surface area (Å²) in [6.45, 7) is 0.320. The topological polar surface area (TPSA) is 29.5 Å². The molecule has 0 aromatic rings. The second-order valence-corrected chi connectivity index (χ2v) is 3.42. The average molecular weight is 207 g/mol. The van der Waals surface area contributed by atoms with Gasteiger partial charge in [0, 0.05) is 13.7 Å². The molecule has 0 aromatic heterocycles. The Bertz CT molecular complexity index is 199. The van der Waals surface area contributed by atoms with E-state index in [9.17, 15) is 13.6 Å². The first-order valence-corrected chi connectivity index (χ1v) is 4.73. The van der Waals surface area contributed by atoms with Gasteiger partial charge in [0.2, 0.25) is 5.91 Å². The molecule has 0 radical (unpaired) electrons. The molecule has 0 saturated carbocycles. The van der Waals surface area contributed by atoms with Crippen molar-refractivity contribution in [3.8, 4) is 0 Å². The number of likely N-dealkylation sites (tertiary alicyclic amines) is 1. The molecule has 0 N–H and O–H groups in total. The number of nitrogens with zero attached hydrogens (tertiary/aromatic N) is 1. The van der Waals surface area contributed by atoms with Crippen LogP contribution < -0.4 is 0 Å². The van der Waals surface area contributed by atoms with Crippen LogP contribution in [0.25, 0.3) is 0 Å². The van der Waals surface area contributed by atoms with Gasteiger partial charge in [0.05, 0.1) is 6.04 Å². The summed E-state index contributed by atoms with van der Waals surface area (Å²) in [7, 11) is 1.39. The summed E-state index contributed by atoms with van der Waals surface area (Å²) in [5, 5.41) is 0. The number of rotatable bonds is 3. The first-order valence-electron chi connectivity index (χ1n) is 4.73. The Hall–Kier alpha value is -0.710. The summed E-state index contributed by atoms with van der Waals surface area (Å²) in [4.78, 5) is 12.6. The molecule has 0 spiro atoms. The van der Waals surface area contributed by atoms with E-state index in [0.29, 0.717) is 13.0 Å². The molecular weight excluding hydrogens is 192 g/mol. The van der Waals surface area contributed by atoms with Crippen molar-refractivity contribution in [2.45, 2.75) is 31.7 Å².